The molecule has 16 heavy (non-hydrogen) atoms. The van der Waals surface area contributed by atoms with Gasteiger partial charge in [-0.3, -0.25) is 9.78 Å². The molecular formula is C13H13N2O+. The molecule has 0 radical (unpaired) electrons. The van der Waals surface area contributed by atoms with Gasteiger partial charge >= 0.3 is 0 Å². The van der Waals surface area contributed by atoms with Crippen LogP contribution in [-0.2, 0) is 6.54 Å². The summed E-state index contributed by atoms with van der Waals surface area (Å²) in [6, 6.07) is 11.2. The lowest BCUT2D eigenvalue weighted by Crippen LogP contribution is -2.40. The Kier molecular flexibility index (Phi) is 3.05. The molecule has 0 saturated heterocycles. The highest BCUT2D eigenvalue weighted by atomic mass is 16.1. The molecule has 0 atom stereocenters. The molecular weight excluding hydrogens is 200 g/mol. The van der Waals surface area contributed by atoms with Gasteiger partial charge < -0.3 is 0 Å². The van der Waals surface area contributed by atoms with Crippen molar-refractivity contribution in [1.29, 1.82) is 0 Å². The third kappa shape index (κ3) is 2.31. The molecule has 0 aromatic carbocycles. The monoisotopic (exact) mass is 213 g/mol. The Bertz CT molecular complexity index is 494. The SMILES string of the molecule is Cc1cccc[n+]1CC(=O)c1ccccn1. The predicted molar refractivity (Wildman–Crippen MR) is 59.9 cm³/mol. The van der Waals surface area contributed by atoms with Gasteiger partial charge in [0, 0.05) is 25.3 Å². The Hall–Kier alpha value is -2.03. The molecule has 0 saturated carbocycles. The van der Waals surface area contributed by atoms with Gasteiger partial charge in [0.2, 0.25) is 12.3 Å². The smallest absolute Gasteiger partial charge is 0.245 e. The van der Waals surface area contributed by atoms with E-state index in [1.165, 1.54) is 0 Å². The van der Waals surface area contributed by atoms with Crippen molar-refractivity contribution in [2.45, 2.75) is 13.5 Å². The van der Waals surface area contributed by atoms with Gasteiger partial charge in [-0.25, -0.2) is 0 Å². The van der Waals surface area contributed by atoms with Crippen molar-refractivity contribution in [3.8, 4) is 0 Å². The molecule has 2 aromatic rings. The number of nitrogens with zero attached hydrogens (tertiary/aromatic N) is 2. The molecule has 0 fully saturated rings. The van der Waals surface area contributed by atoms with E-state index in [1.807, 2.05) is 42.0 Å². The standard InChI is InChI=1S/C13H13N2O/c1-11-6-3-5-9-15(11)10-13(16)12-7-2-4-8-14-12/h2-9H,10H2,1H3/q+1. The van der Waals surface area contributed by atoms with Gasteiger partial charge in [-0.2, -0.15) is 4.57 Å². The van der Waals surface area contributed by atoms with Crippen LogP contribution in [0.4, 0.5) is 0 Å². The molecule has 0 aliphatic rings. The largest absolute Gasteiger partial charge is 0.285 e. The van der Waals surface area contributed by atoms with E-state index in [0.717, 1.165) is 5.69 Å². The van der Waals surface area contributed by atoms with Crippen LogP contribution in [-0.4, -0.2) is 10.8 Å². The highest BCUT2D eigenvalue weighted by Crippen LogP contribution is 1.96. The molecule has 0 bridgehead atoms. The van der Waals surface area contributed by atoms with Gasteiger partial charge in [-0.15, -0.1) is 0 Å². The second-order valence-electron chi connectivity index (χ2n) is 3.61. The maximum absolute atomic E-state index is 11.9. The molecule has 2 heterocycles. The first-order valence-electron chi connectivity index (χ1n) is 5.16. The molecule has 0 amide bonds. The fourth-order valence-electron chi connectivity index (χ4n) is 1.50. The molecule has 0 aliphatic heterocycles. The van der Waals surface area contributed by atoms with Crippen LogP contribution in [0.15, 0.2) is 48.8 Å². The van der Waals surface area contributed by atoms with Gasteiger partial charge in [-0.1, -0.05) is 12.1 Å². The highest BCUT2D eigenvalue weighted by Gasteiger charge is 2.14. The zero-order valence-corrected chi connectivity index (χ0v) is 9.13. The lowest BCUT2D eigenvalue weighted by molar-refractivity contribution is -0.689. The molecule has 3 nitrogen and oxygen atoms in total. The van der Waals surface area contributed by atoms with E-state index in [9.17, 15) is 4.79 Å². The normalized spacial score (nSPS) is 10.1. The van der Waals surface area contributed by atoms with Crippen molar-refractivity contribution in [3.05, 3.63) is 60.2 Å². The van der Waals surface area contributed by atoms with Crippen LogP contribution in [0.2, 0.25) is 0 Å². The summed E-state index contributed by atoms with van der Waals surface area (Å²) in [5, 5.41) is 0. The summed E-state index contributed by atoms with van der Waals surface area (Å²) in [6.07, 6.45) is 3.53. The van der Waals surface area contributed by atoms with E-state index in [4.69, 9.17) is 0 Å². The minimum absolute atomic E-state index is 0.0277. The number of hydrogen-bond acceptors (Lipinski definition) is 2. The minimum Gasteiger partial charge on any atom is -0.285 e. The average molecular weight is 213 g/mol. The number of aromatic nitrogens is 2. The maximum atomic E-state index is 11.9. The van der Waals surface area contributed by atoms with Gasteiger partial charge in [-0.05, 0) is 12.1 Å². The average Bonchev–Trinajstić information content (AvgIpc) is 2.33. The molecule has 0 N–H and O–H groups in total. The zero-order chi connectivity index (χ0) is 11.4. The van der Waals surface area contributed by atoms with Crippen molar-refractivity contribution >= 4 is 5.78 Å². The van der Waals surface area contributed by atoms with E-state index in [1.54, 1.807) is 18.3 Å². The van der Waals surface area contributed by atoms with Crippen molar-refractivity contribution < 1.29 is 9.36 Å². The van der Waals surface area contributed by atoms with Crippen LogP contribution in [0, 0.1) is 6.92 Å². The predicted octanol–water partition coefficient (Wildman–Crippen LogP) is 1.56. The van der Waals surface area contributed by atoms with Crippen LogP contribution in [0.3, 0.4) is 0 Å². The third-order valence-electron chi connectivity index (χ3n) is 2.43. The minimum atomic E-state index is 0.0277. The number of Topliss-reactive ketones (excluding diaryl/α,β-unsaturated/α-hetero) is 1. The van der Waals surface area contributed by atoms with Gasteiger partial charge in [0.15, 0.2) is 11.9 Å². The first-order valence-corrected chi connectivity index (χ1v) is 5.16. The van der Waals surface area contributed by atoms with Gasteiger partial charge in [0.1, 0.15) is 5.69 Å². The maximum Gasteiger partial charge on any atom is 0.245 e. The molecule has 3 heteroatoms. The fourth-order valence-corrected chi connectivity index (χ4v) is 1.50. The highest BCUT2D eigenvalue weighted by molar-refractivity contribution is 5.93. The van der Waals surface area contributed by atoms with Crippen molar-refractivity contribution in [1.82, 2.24) is 4.98 Å². The Morgan fingerprint density at radius 2 is 2.06 bits per heavy atom. The van der Waals surface area contributed by atoms with Crippen molar-refractivity contribution in [2.24, 2.45) is 0 Å². The van der Waals surface area contributed by atoms with Crippen LogP contribution in [0.1, 0.15) is 16.2 Å². The van der Waals surface area contributed by atoms with Crippen LogP contribution in [0.25, 0.3) is 0 Å². The number of ketones is 1. The summed E-state index contributed by atoms with van der Waals surface area (Å²) >= 11 is 0. The summed E-state index contributed by atoms with van der Waals surface area (Å²) < 4.78 is 1.91. The summed E-state index contributed by atoms with van der Waals surface area (Å²) in [5.41, 5.74) is 1.57. The van der Waals surface area contributed by atoms with E-state index < -0.39 is 0 Å². The topological polar surface area (TPSA) is 33.8 Å². The lowest BCUT2D eigenvalue weighted by atomic mass is 10.2. The summed E-state index contributed by atoms with van der Waals surface area (Å²) in [6.45, 7) is 2.31. The van der Waals surface area contributed by atoms with E-state index in [0.29, 0.717) is 12.2 Å². The Morgan fingerprint density at radius 3 is 2.75 bits per heavy atom. The van der Waals surface area contributed by atoms with Gasteiger partial charge in [0.05, 0.1) is 0 Å². The Morgan fingerprint density at radius 1 is 1.25 bits per heavy atom. The lowest BCUT2D eigenvalue weighted by Gasteiger charge is -1.99. The van der Waals surface area contributed by atoms with Crippen molar-refractivity contribution in [3.63, 3.8) is 0 Å². The Labute approximate surface area is 94.4 Å². The molecule has 0 unspecified atom stereocenters. The summed E-state index contributed by atoms with van der Waals surface area (Å²) in [4.78, 5) is 15.9. The number of carbonyl (C=O) groups is 1. The fraction of sp³-hybridized carbons (Fsp3) is 0.154. The molecule has 0 aliphatic carbocycles. The quantitative estimate of drug-likeness (QED) is 0.572. The van der Waals surface area contributed by atoms with Crippen LogP contribution >= 0.6 is 0 Å². The first-order chi connectivity index (χ1) is 7.77. The van der Waals surface area contributed by atoms with E-state index in [2.05, 4.69) is 4.98 Å². The molecule has 2 aromatic heterocycles. The second-order valence-corrected chi connectivity index (χ2v) is 3.61. The molecule has 0 spiro atoms. The number of carbonyl (C=O) groups excluding carboxylic acids is 1. The van der Waals surface area contributed by atoms with Crippen LogP contribution < -0.4 is 4.57 Å². The third-order valence-corrected chi connectivity index (χ3v) is 2.43. The van der Waals surface area contributed by atoms with E-state index >= 15 is 0 Å². The molecule has 2 rings (SSSR count). The number of hydrogen-bond donors (Lipinski definition) is 0. The number of pyridine rings is 2. The Balaban J connectivity index is 2.18. The molecule has 80 valence electrons. The number of rotatable bonds is 3. The first kappa shape index (κ1) is 10.5. The second kappa shape index (κ2) is 4.66. The summed E-state index contributed by atoms with van der Waals surface area (Å²) in [7, 11) is 0. The zero-order valence-electron chi connectivity index (χ0n) is 9.13. The number of aryl methyl sites for hydroxylation is 1. The van der Waals surface area contributed by atoms with Crippen LogP contribution in [0.5, 0.6) is 0 Å². The summed E-state index contributed by atoms with van der Waals surface area (Å²) in [5.74, 6) is 0.0277. The van der Waals surface area contributed by atoms with Gasteiger partial charge in [0.25, 0.3) is 0 Å². The van der Waals surface area contributed by atoms with E-state index in [-0.39, 0.29) is 5.78 Å². The van der Waals surface area contributed by atoms with Crippen molar-refractivity contribution in [2.75, 3.05) is 0 Å².